The molecule has 0 fully saturated rings. The van der Waals surface area contributed by atoms with Crippen LogP contribution in [0.3, 0.4) is 0 Å². The van der Waals surface area contributed by atoms with E-state index < -0.39 is 0 Å². The maximum atomic E-state index is 13.0. The van der Waals surface area contributed by atoms with Crippen molar-refractivity contribution in [3.05, 3.63) is 71.0 Å². The van der Waals surface area contributed by atoms with Gasteiger partial charge in [-0.3, -0.25) is 9.69 Å². The van der Waals surface area contributed by atoms with Gasteiger partial charge in [0.05, 0.1) is 11.9 Å². The predicted molar refractivity (Wildman–Crippen MR) is 92.6 cm³/mol. The number of hydrogen-bond donors (Lipinski definition) is 0. The lowest BCUT2D eigenvalue weighted by Gasteiger charge is -2.17. The van der Waals surface area contributed by atoms with Crippen LogP contribution < -0.4 is 4.90 Å². The molecule has 0 spiro atoms. The summed E-state index contributed by atoms with van der Waals surface area (Å²) in [6.45, 7) is 2.68. The Morgan fingerprint density at radius 1 is 1.17 bits per heavy atom. The van der Waals surface area contributed by atoms with Crippen LogP contribution in [0.15, 0.2) is 48.5 Å². The first-order chi connectivity index (χ1) is 11.6. The highest BCUT2D eigenvalue weighted by molar-refractivity contribution is 5.97. The third-order valence-corrected chi connectivity index (χ3v) is 4.46. The number of nitrogens with zero attached hydrogens (tertiary/aromatic N) is 2. The van der Waals surface area contributed by atoms with Crippen LogP contribution in [0, 0.1) is 12.7 Å². The highest BCUT2D eigenvalue weighted by atomic mass is 19.1. The zero-order valence-corrected chi connectivity index (χ0v) is 13.4. The fourth-order valence-corrected chi connectivity index (χ4v) is 3.18. The summed E-state index contributed by atoms with van der Waals surface area (Å²) in [5, 5.41) is 1.10. The topological polar surface area (TPSA) is 33.2 Å². The summed E-state index contributed by atoms with van der Waals surface area (Å²) in [5.41, 5.74) is 3.98. The standard InChI is InChI=1S/C20H17FN2O/c1-13-2-5-15-12-16-8-9-23(20(16)22-18(15)10-13)19(24)11-14-3-6-17(21)7-4-14/h2-7,10,12H,8-9,11H2,1H3. The Hall–Kier alpha value is -2.75. The summed E-state index contributed by atoms with van der Waals surface area (Å²) in [5.74, 6) is 0.473. The van der Waals surface area contributed by atoms with Crippen LogP contribution in [0.1, 0.15) is 16.7 Å². The zero-order chi connectivity index (χ0) is 16.7. The number of anilines is 1. The molecule has 0 atom stereocenters. The minimum absolute atomic E-state index is 0.000128. The number of amides is 1. The lowest BCUT2D eigenvalue weighted by atomic mass is 10.1. The monoisotopic (exact) mass is 320 g/mol. The number of halogens is 1. The molecule has 0 aliphatic carbocycles. The van der Waals surface area contributed by atoms with Gasteiger partial charge in [-0.15, -0.1) is 0 Å². The van der Waals surface area contributed by atoms with Crippen LogP contribution in [-0.2, 0) is 17.6 Å². The molecular formula is C20H17FN2O. The first-order valence-corrected chi connectivity index (χ1v) is 8.05. The van der Waals surface area contributed by atoms with E-state index in [9.17, 15) is 9.18 Å². The van der Waals surface area contributed by atoms with Crippen molar-refractivity contribution in [3.63, 3.8) is 0 Å². The molecule has 24 heavy (non-hydrogen) atoms. The maximum absolute atomic E-state index is 13.0. The molecule has 120 valence electrons. The normalized spacial score (nSPS) is 13.3. The highest BCUT2D eigenvalue weighted by Gasteiger charge is 2.26. The van der Waals surface area contributed by atoms with Gasteiger partial charge in [0.15, 0.2) is 0 Å². The summed E-state index contributed by atoms with van der Waals surface area (Å²) in [4.78, 5) is 19.1. The molecule has 0 bridgehead atoms. The molecule has 4 heteroatoms. The van der Waals surface area contributed by atoms with Gasteiger partial charge < -0.3 is 0 Å². The number of carbonyl (C=O) groups is 1. The first kappa shape index (κ1) is 14.8. The molecule has 4 rings (SSSR count). The van der Waals surface area contributed by atoms with Crippen LogP contribution in [-0.4, -0.2) is 17.4 Å². The number of pyridine rings is 1. The van der Waals surface area contributed by atoms with Gasteiger partial charge >= 0.3 is 0 Å². The summed E-state index contributed by atoms with van der Waals surface area (Å²) < 4.78 is 13.0. The number of fused-ring (bicyclic) bond motifs is 2. The minimum Gasteiger partial charge on any atom is -0.296 e. The molecule has 0 saturated heterocycles. The Balaban J connectivity index is 1.64. The van der Waals surface area contributed by atoms with E-state index in [1.54, 1.807) is 17.0 Å². The quantitative estimate of drug-likeness (QED) is 0.719. The smallest absolute Gasteiger partial charge is 0.232 e. The van der Waals surface area contributed by atoms with Crippen molar-refractivity contribution in [2.75, 3.05) is 11.4 Å². The molecule has 3 nitrogen and oxygen atoms in total. The Bertz CT molecular complexity index is 934. The highest BCUT2D eigenvalue weighted by Crippen LogP contribution is 2.30. The lowest BCUT2D eigenvalue weighted by Crippen LogP contribution is -2.31. The van der Waals surface area contributed by atoms with Gasteiger partial charge in [-0.1, -0.05) is 24.3 Å². The average Bonchev–Trinajstić information content (AvgIpc) is 2.97. The maximum Gasteiger partial charge on any atom is 0.232 e. The lowest BCUT2D eigenvalue weighted by molar-refractivity contribution is -0.117. The zero-order valence-electron chi connectivity index (χ0n) is 13.4. The molecule has 0 N–H and O–H groups in total. The van der Waals surface area contributed by atoms with Crippen molar-refractivity contribution in [2.45, 2.75) is 19.8 Å². The molecular weight excluding hydrogens is 303 g/mol. The van der Waals surface area contributed by atoms with Gasteiger partial charge in [0.1, 0.15) is 11.6 Å². The Labute approximate surface area is 139 Å². The van der Waals surface area contributed by atoms with E-state index in [4.69, 9.17) is 4.98 Å². The Morgan fingerprint density at radius 2 is 1.96 bits per heavy atom. The largest absolute Gasteiger partial charge is 0.296 e. The van der Waals surface area contributed by atoms with Crippen LogP contribution >= 0.6 is 0 Å². The van der Waals surface area contributed by atoms with Crippen molar-refractivity contribution >= 4 is 22.6 Å². The first-order valence-electron chi connectivity index (χ1n) is 8.05. The van der Waals surface area contributed by atoms with E-state index in [-0.39, 0.29) is 18.1 Å². The van der Waals surface area contributed by atoms with E-state index in [2.05, 4.69) is 18.2 Å². The molecule has 0 radical (unpaired) electrons. The number of carbonyl (C=O) groups excluding carboxylic acids is 1. The molecule has 0 saturated carbocycles. The van der Waals surface area contributed by atoms with Gasteiger partial charge in [-0.2, -0.15) is 0 Å². The SMILES string of the molecule is Cc1ccc2cc3c(nc2c1)N(C(=O)Cc1ccc(F)cc1)CC3. The van der Waals surface area contributed by atoms with Crippen LogP contribution in [0.2, 0.25) is 0 Å². The summed E-state index contributed by atoms with van der Waals surface area (Å²) in [6.07, 6.45) is 1.08. The minimum atomic E-state index is -0.291. The fraction of sp³-hybridized carbons (Fsp3) is 0.200. The van der Waals surface area contributed by atoms with Gasteiger partial charge in [-0.05, 0) is 54.3 Å². The van der Waals surface area contributed by atoms with E-state index in [0.29, 0.717) is 6.54 Å². The number of aryl methyl sites for hydroxylation is 1. The van der Waals surface area contributed by atoms with Crippen LogP contribution in [0.25, 0.3) is 10.9 Å². The van der Waals surface area contributed by atoms with Crippen molar-refractivity contribution in [1.82, 2.24) is 4.98 Å². The molecule has 1 amide bonds. The van der Waals surface area contributed by atoms with Gasteiger partial charge in [0, 0.05) is 11.9 Å². The number of benzene rings is 2. The number of rotatable bonds is 2. The third-order valence-electron chi connectivity index (χ3n) is 4.46. The van der Waals surface area contributed by atoms with E-state index in [1.165, 1.54) is 12.1 Å². The Morgan fingerprint density at radius 3 is 2.75 bits per heavy atom. The molecule has 3 aromatic rings. The summed E-state index contributed by atoms with van der Waals surface area (Å²) in [6, 6.07) is 14.4. The molecule has 0 unspecified atom stereocenters. The molecule has 1 aromatic heterocycles. The number of hydrogen-bond acceptors (Lipinski definition) is 2. The molecule has 1 aliphatic heterocycles. The van der Waals surface area contributed by atoms with Gasteiger partial charge in [0.25, 0.3) is 0 Å². The van der Waals surface area contributed by atoms with Crippen molar-refractivity contribution < 1.29 is 9.18 Å². The molecule has 1 aliphatic rings. The van der Waals surface area contributed by atoms with Crippen LogP contribution in [0.4, 0.5) is 10.2 Å². The van der Waals surface area contributed by atoms with Crippen molar-refractivity contribution in [1.29, 1.82) is 0 Å². The second-order valence-corrected chi connectivity index (χ2v) is 6.27. The van der Waals surface area contributed by atoms with Crippen molar-refractivity contribution in [2.24, 2.45) is 0 Å². The number of aromatic nitrogens is 1. The van der Waals surface area contributed by atoms with Crippen molar-refractivity contribution in [3.8, 4) is 0 Å². The predicted octanol–water partition coefficient (Wildman–Crippen LogP) is 3.81. The summed E-state index contributed by atoms with van der Waals surface area (Å²) >= 11 is 0. The van der Waals surface area contributed by atoms with Gasteiger partial charge in [0.2, 0.25) is 5.91 Å². The van der Waals surface area contributed by atoms with E-state index in [0.717, 1.165) is 39.8 Å². The average molecular weight is 320 g/mol. The molecule has 2 heterocycles. The second kappa shape index (κ2) is 5.71. The van der Waals surface area contributed by atoms with Gasteiger partial charge in [-0.25, -0.2) is 9.37 Å². The summed E-state index contributed by atoms with van der Waals surface area (Å²) in [7, 11) is 0. The molecule has 2 aromatic carbocycles. The van der Waals surface area contributed by atoms with E-state index >= 15 is 0 Å². The van der Waals surface area contributed by atoms with Crippen LogP contribution in [0.5, 0.6) is 0 Å². The van der Waals surface area contributed by atoms with E-state index in [1.807, 2.05) is 13.0 Å². The second-order valence-electron chi connectivity index (χ2n) is 6.27. The third kappa shape index (κ3) is 2.64. The fourth-order valence-electron chi connectivity index (χ4n) is 3.18. The Kier molecular flexibility index (Phi) is 3.53.